The molecule has 8 heteroatoms. The van der Waals surface area contributed by atoms with Gasteiger partial charge in [0, 0.05) is 23.5 Å². The van der Waals surface area contributed by atoms with E-state index in [1.165, 1.54) is 0 Å². The van der Waals surface area contributed by atoms with Gasteiger partial charge in [-0.25, -0.2) is 0 Å². The van der Waals surface area contributed by atoms with Crippen molar-refractivity contribution in [1.82, 2.24) is 15.6 Å². The maximum Gasteiger partial charge on any atom is 0.309 e. The third kappa shape index (κ3) is 8.92. The van der Waals surface area contributed by atoms with E-state index in [9.17, 15) is 19.5 Å². The molecule has 2 aromatic carbocycles. The Kier molecular flexibility index (Phi) is 11.9. The minimum atomic E-state index is -0.655. The van der Waals surface area contributed by atoms with Crippen LogP contribution in [0.2, 0.25) is 0 Å². The van der Waals surface area contributed by atoms with E-state index in [1.54, 1.807) is 12.2 Å². The molecule has 1 saturated carbocycles. The van der Waals surface area contributed by atoms with Crippen LogP contribution < -0.4 is 10.6 Å². The van der Waals surface area contributed by atoms with Crippen molar-refractivity contribution in [3.8, 4) is 0 Å². The van der Waals surface area contributed by atoms with E-state index < -0.39 is 23.4 Å². The van der Waals surface area contributed by atoms with Gasteiger partial charge in [-0.3, -0.25) is 14.4 Å². The fraction of sp³-hybridized carbons (Fsp3) is 0.417. The molecule has 1 heterocycles. The molecule has 0 spiro atoms. The molecule has 0 radical (unpaired) electrons. The number of para-hydroxylation sites is 1. The summed E-state index contributed by atoms with van der Waals surface area (Å²) < 4.78 is 5.85. The van der Waals surface area contributed by atoms with E-state index in [2.05, 4.69) is 28.8 Å². The molecule has 3 unspecified atom stereocenters. The lowest BCUT2D eigenvalue weighted by Crippen LogP contribution is -2.50. The highest BCUT2D eigenvalue weighted by Crippen LogP contribution is 2.29. The zero-order valence-electron chi connectivity index (χ0n) is 25.4. The molecule has 0 aliphatic heterocycles. The molecular weight excluding hydrogens is 554 g/mol. The zero-order valence-corrected chi connectivity index (χ0v) is 25.4. The van der Waals surface area contributed by atoms with E-state index in [4.69, 9.17) is 4.74 Å². The lowest BCUT2D eigenvalue weighted by molar-refractivity contribution is -0.149. The van der Waals surface area contributed by atoms with Crippen LogP contribution >= 0.6 is 0 Å². The van der Waals surface area contributed by atoms with E-state index in [0.29, 0.717) is 25.7 Å². The molecule has 1 aliphatic rings. The van der Waals surface area contributed by atoms with Crippen LogP contribution in [0.4, 0.5) is 0 Å². The van der Waals surface area contributed by atoms with Gasteiger partial charge in [0.05, 0.1) is 30.0 Å². The Balaban J connectivity index is 1.47. The summed E-state index contributed by atoms with van der Waals surface area (Å²) in [4.78, 5) is 43.2. The van der Waals surface area contributed by atoms with Gasteiger partial charge < -0.3 is 25.5 Å². The molecule has 3 atom stereocenters. The van der Waals surface area contributed by atoms with Crippen LogP contribution in [0.3, 0.4) is 0 Å². The monoisotopic (exact) mass is 599 g/mol. The summed E-state index contributed by atoms with van der Waals surface area (Å²) in [5.41, 5.74) is 2.38. The number of benzene rings is 2. The second-order valence-corrected chi connectivity index (χ2v) is 11.9. The number of carbonyl (C=O) groups is 3. The van der Waals surface area contributed by atoms with Gasteiger partial charge >= 0.3 is 5.97 Å². The number of amides is 2. The number of hydrogen-bond acceptors (Lipinski definition) is 5. The summed E-state index contributed by atoms with van der Waals surface area (Å²) in [5.74, 6) is -1.98. The van der Waals surface area contributed by atoms with Crippen molar-refractivity contribution in [2.45, 2.75) is 69.4 Å². The smallest absolute Gasteiger partial charge is 0.309 e. The molecule has 0 bridgehead atoms. The van der Waals surface area contributed by atoms with E-state index >= 15 is 0 Å². The van der Waals surface area contributed by atoms with Gasteiger partial charge in [0.25, 0.3) is 0 Å². The number of aromatic nitrogens is 1. The minimum Gasteiger partial charge on any atom is -0.463 e. The summed E-state index contributed by atoms with van der Waals surface area (Å²) in [5, 5.41) is 17.0. The van der Waals surface area contributed by atoms with Crippen molar-refractivity contribution in [3.05, 3.63) is 97.2 Å². The number of hydrogen-bond donors (Lipinski definition) is 4. The maximum absolute atomic E-state index is 13.6. The highest BCUT2D eigenvalue weighted by molar-refractivity contribution is 5.87. The summed E-state index contributed by atoms with van der Waals surface area (Å²) >= 11 is 0. The quantitative estimate of drug-likeness (QED) is 0.126. The number of aromatic amines is 1. The van der Waals surface area contributed by atoms with Gasteiger partial charge in [-0.2, -0.15) is 0 Å². The number of nitrogens with one attached hydrogen (secondary N) is 3. The average Bonchev–Trinajstić information content (AvgIpc) is 3.67. The normalized spacial score (nSPS) is 16.0. The minimum absolute atomic E-state index is 0.0207. The molecule has 1 aromatic heterocycles. The Hall–Kier alpha value is -4.17. The summed E-state index contributed by atoms with van der Waals surface area (Å²) in [6.07, 6.45) is 10.3. The SMILES string of the molecule is C=CCC(CC(=O)NC1(CO)CCCC1)C(=O)NC(COC(=O)C(CC=C)Cc1ccccc1)Cc1c[nH]c2ccccc12. The van der Waals surface area contributed by atoms with Crippen LogP contribution in [0.25, 0.3) is 10.9 Å². The molecule has 1 fully saturated rings. The van der Waals surface area contributed by atoms with Crippen molar-refractivity contribution < 1.29 is 24.2 Å². The maximum atomic E-state index is 13.6. The van der Waals surface area contributed by atoms with Gasteiger partial charge in [-0.15, -0.1) is 13.2 Å². The van der Waals surface area contributed by atoms with Crippen molar-refractivity contribution in [2.75, 3.05) is 13.2 Å². The first kappa shape index (κ1) is 32.7. The van der Waals surface area contributed by atoms with Crippen molar-refractivity contribution >= 4 is 28.7 Å². The molecule has 4 rings (SSSR count). The summed E-state index contributed by atoms with van der Waals surface area (Å²) in [6, 6.07) is 17.2. The highest BCUT2D eigenvalue weighted by Gasteiger charge is 2.35. The molecule has 3 aromatic rings. The van der Waals surface area contributed by atoms with Gasteiger partial charge in [0.15, 0.2) is 0 Å². The topological polar surface area (TPSA) is 121 Å². The van der Waals surface area contributed by atoms with Gasteiger partial charge in [-0.05, 0) is 55.7 Å². The van der Waals surface area contributed by atoms with Crippen molar-refractivity contribution in [2.24, 2.45) is 11.8 Å². The first-order valence-corrected chi connectivity index (χ1v) is 15.6. The number of carbonyl (C=O) groups excluding carboxylic acids is 3. The number of aliphatic hydroxyl groups excluding tert-OH is 1. The summed E-state index contributed by atoms with van der Waals surface area (Å²) in [7, 11) is 0. The number of aliphatic hydroxyl groups is 1. The molecule has 8 nitrogen and oxygen atoms in total. The molecule has 4 N–H and O–H groups in total. The number of esters is 1. The van der Waals surface area contributed by atoms with Crippen molar-refractivity contribution in [3.63, 3.8) is 0 Å². The van der Waals surface area contributed by atoms with Gasteiger partial charge in [0.2, 0.25) is 11.8 Å². The first-order valence-electron chi connectivity index (χ1n) is 15.6. The van der Waals surface area contributed by atoms with Crippen LogP contribution in [-0.4, -0.2) is 52.7 Å². The van der Waals surface area contributed by atoms with Crippen LogP contribution in [0.5, 0.6) is 0 Å². The number of ether oxygens (including phenoxy) is 1. The number of rotatable bonds is 17. The summed E-state index contributed by atoms with van der Waals surface area (Å²) in [6.45, 7) is 7.47. The molecule has 2 amide bonds. The van der Waals surface area contributed by atoms with Crippen LogP contribution in [0.1, 0.15) is 56.1 Å². The van der Waals surface area contributed by atoms with Crippen LogP contribution in [-0.2, 0) is 32.0 Å². The molecule has 0 saturated heterocycles. The third-order valence-corrected chi connectivity index (χ3v) is 8.55. The predicted molar refractivity (Wildman–Crippen MR) is 173 cm³/mol. The second-order valence-electron chi connectivity index (χ2n) is 11.9. The van der Waals surface area contributed by atoms with Crippen molar-refractivity contribution in [1.29, 1.82) is 0 Å². The fourth-order valence-corrected chi connectivity index (χ4v) is 6.13. The Morgan fingerprint density at radius 2 is 1.64 bits per heavy atom. The van der Waals surface area contributed by atoms with Crippen LogP contribution in [0, 0.1) is 11.8 Å². The Morgan fingerprint density at radius 3 is 2.34 bits per heavy atom. The van der Waals surface area contributed by atoms with Crippen LogP contribution in [0.15, 0.2) is 86.1 Å². The number of allylic oxidation sites excluding steroid dienone is 2. The Labute approximate surface area is 260 Å². The largest absolute Gasteiger partial charge is 0.463 e. The molecule has 234 valence electrons. The number of fused-ring (bicyclic) bond motifs is 1. The highest BCUT2D eigenvalue weighted by atomic mass is 16.5. The average molecular weight is 600 g/mol. The lowest BCUT2D eigenvalue weighted by Gasteiger charge is -2.29. The van der Waals surface area contributed by atoms with Gasteiger partial charge in [-0.1, -0.05) is 73.5 Å². The Bertz CT molecular complexity index is 1410. The third-order valence-electron chi connectivity index (χ3n) is 8.55. The zero-order chi connectivity index (χ0) is 31.4. The second kappa shape index (κ2) is 16.1. The van der Waals surface area contributed by atoms with Gasteiger partial charge in [0.1, 0.15) is 6.61 Å². The lowest BCUT2D eigenvalue weighted by atomic mass is 9.95. The van der Waals surface area contributed by atoms with E-state index in [0.717, 1.165) is 47.7 Å². The molecule has 44 heavy (non-hydrogen) atoms. The van der Waals surface area contributed by atoms with E-state index in [1.807, 2.05) is 60.8 Å². The predicted octanol–water partition coefficient (Wildman–Crippen LogP) is 5.18. The fourth-order valence-electron chi connectivity index (χ4n) is 6.13. The number of H-pyrrole nitrogens is 1. The standard InChI is InChI=1S/C36H45N3O5/c1-3-12-27(22-33(41)39-36(25-40)18-10-11-19-36)34(42)38-30(21-29-23-37-32-17-9-8-16-31(29)32)24-44-35(43)28(13-4-2)20-26-14-6-5-7-15-26/h3-9,14-17,23,27-28,30,37,40H,1-2,10-13,18-22,24-25H2,(H,38,42)(H,39,41). The molecular formula is C36H45N3O5. The molecule has 1 aliphatic carbocycles. The van der Waals surface area contributed by atoms with E-state index in [-0.39, 0.29) is 37.4 Å². The Morgan fingerprint density at radius 1 is 0.955 bits per heavy atom. The first-order chi connectivity index (χ1) is 21.4.